The lowest BCUT2D eigenvalue weighted by Crippen LogP contribution is -2.33. The molecule has 0 radical (unpaired) electrons. The first-order valence-electron chi connectivity index (χ1n) is 8.09. The van der Waals surface area contributed by atoms with Crippen molar-refractivity contribution in [3.8, 4) is 5.75 Å². The summed E-state index contributed by atoms with van der Waals surface area (Å²) in [4.78, 5) is 0. The molecule has 0 atom stereocenters. The Hall–Kier alpha value is -1.14. The first-order valence-corrected chi connectivity index (χ1v) is 8.09. The fraction of sp³-hybridized carbons (Fsp3) is 0.667. The number of methoxy groups -OCH3 is 1. The molecule has 0 N–H and O–H groups in total. The molecular weight excluding hydrogens is 294 g/mol. The topological polar surface area (TPSA) is 36.9 Å². The summed E-state index contributed by atoms with van der Waals surface area (Å²) >= 11 is 0. The summed E-state index contributed by atoms with van der Waals surface area (Å²) in [6, 6.07) is 6.26. The molecular formula is C18H32NO4+. The molecule has 0 aromatic heterocycles. The number of hydrogen-bond acceptors (Lipinski definition) is 4. The zero-order chi connectivity index (χ0) is 17.1. The summed E-state index contributed by atoms with van der Waals surface area (Å²) in [7, 11) is 8.23. The monoisotopic (exact) mass is 326 g/mol. The van der Waals surface area contributed by atoms with Gasteiger partial charge in [0, 0.05) is 12.7 Å². The molecule has 0 bridgehead atoms. The first-order chi connectivity index (χ1) is 10.9. The van der Waals surface area contributed by atoms with Crippen LogP contribution in [-0.2, 0) is 20.8 Å². The van der Waals surface area contributed by atoms with E-state index in [2.05, 4.69) is 40.2 Å². The van der Waals surface area contributed by atoms with Gasteiger partial charge in [-0.15, -0.1) is 0 Å². The van der Waals surface area contributed by atoms with E-state index >= 15 is 0 Å². The summed E-state index contributed by atoms with van der Waals surface area (Å²) in [5.41, 5.74) is 2.62. The van der Waals surface area contributed by atoms with E-state index in [1.165, 1.54) is 11.1 Å². The summed E-state index contributed by atoms with van der Waals surface area (Å²) in [6.45, 7) is 6.62. The Morgan fingerprint density at radius 3 is 2.09 bits per heavy atom. The van der Waals surface area contributed by atoms with Crippen LogP contribution in [0.5, 0.6) is 5.75 Å². The minimum absolute atomic E-state index is 0.547. The standard InChI is InChI=1S/C18H32NO4/c1-16-6-7-18(14-17(16)15-19(2,3)4)23-13-12-22-11-10-21-9-8-20-5/h6-7,14H,8-13,15H2,1-5H3/q+1. The highest BCUT2D eigenvalue weighted by atomic mass is 16.6. The molecule has 0 unspecified atom stereocenters. The molecule has 0 saturated heterocycles. The van der Waals surface area contributed by atoms with Crippen molar-refractivity contribution in [1.82, 2.24) is 0 Å². The third-order valence-corrected chi connectivity index (χ3v) is 3.27. The van der Waals surface area contributed by atoms with E-state index in [4.69, 9.17) is 18.9 Å². The molecule has 0 saturated carbocycles. The molecule has 0 aliphatic rings. The Morgan fingerprint density at radius 2 is 1.48 bits per heavy atom. The Labute approximate surface area is 140 Å². The molecule has 5 heteroatoms. The average molecular weight is 326 g/mol. The van der Waals surface area contributed by atoms with Crippen molar-refractivity contribution in [1.29, 1.82) is 0 Å². The average Bonchev–Trinajstić information content (AvgIpc) is 2.47. The van der Waals surface area contributed by atoms with Crippen LogP contribution in [0.25, 0.3) is 0 Å². The van der Waals surface area contributed by atoms with Crippen LogP contribution in [0.4, 0.5) is 0 Å². The lowest BCUT2D eigenvalue weighted by Gasteiger charge is -2.25. The van der Waals surface area contributed by atoms with Gasteiger partial charge in [-0.2, -0.15) is 0 Å². The highest BCUT2D eigenvalue weighted by molar-refractivity contribution is 5.34. The second-order valence-corrected chi connectivity index (χ2v) is 6.60. The first kappa shape index (κ1) is 19.9. The van der Waals surface area contributed by atoms with Crippen molar-refractivity contribution in [3.63, 3.8) is 0 Å². The molecule has 1 rings (SSSR count). The Kier molecular flexibility index (Phi) is 9.17. The van der Waals surface area contributed by atoms with Crippen LogP contribution < -0.4 is 4.74 Å². The molecule has 0 spiro atoms. The maximum atomic E-state index is 5.77. The van der Waals surface area contributed by atoms with Crippen LogP contribution in [0, 0.1) is 6.92 Å². The molecule has 0 fully saturated rings. The lowest BCUT2D eigenvalue weighted by molar-refractivity contribution is -0.884. The fourth-order valence-corrected chi connectivity index (χ4v) is 2.10. The molecule has 132 valence electrons. The molecule has 1 aromatic rings. The van der Waals surface area contributed by atoms with Crippen LogP contribution >= 0.6 is 0 Å². The van der Waals surface area contributed by atoms with E-state index in [9.17, 15) is 0 Å². The van der Waals surface area contributed by atoms with E-state index < -0.39 is 0 Å². The van der Waals surface area contributed by atoms with Crippen LogP contribution in [0.15, 0.2) is 18.2 Å². The number of hydrogen-bond donors (Lipinski definition) is 0. The Balaban J connectivity index is 2.23. The number of quaternary nitrogens is 1. The molecule has 0 aliphatic carbocycles. The third-order valence-electron chi connectivity index (χ3n) is 3.27. The fourth-order valence-electron chi connectivity index (χ4n) is 2.10. The summed E-state index contributed by atoms with van der Waals surface area (Å²) < 4.78 is 22.4. The van der Waals surface area contributed by atoms with Crippen LogP contribution in [-0.4, -0.2) is 72.4 Å². The third kappa shape index (κ3) is 9.56. The van der Waals surface area contributed by atoms with E-state index in [0.29, 0.717) is 39.6 Å². The van der Waals surface area contributed by atoms with Crippen molar-refractivity contribution >= 4 is 0 Å². The van der Waals surface area contributed by atoms with Gasteiger partial charge in [-0.1, -0.05) is 6.07 Å². The van der Waals surface area contributed by atoms with Gasteiger partial charge in [0.2, 0.25) is 0 Å². The summed E-state index contributed by atoms with van der Waals surface area (Å²) in [5.74, 6) is 0.902. The maximum absolute atomic E-state index is 5.77. The number of aryl methyl sites for hydroxylation is 1. The van der Waals surface area contributed by atoms with Gasteiger partial charge >= 0.3 is 0 Å². The molecule has 0 aliphatic heterocycles. The number of benzene rings is 1. The van der Waals surface area contributed by atoms with Crippen molar-refractivity contribution in [3.05, 3.63) is 29.3 Å². The van der Waals surface area contributed by atoms with Gasteiger partial charge in [0.1, 0.15) is 18.9 Å². The Bertz CT molecular complexity index is 443. The van der Waals surface area contributed by atoms with Crippen molar-refractivity contribution in [2.24, 2.45) is 0 Å². The molecule has 23 heavy (non-hydrogen) atoms. The molecule has 0 amide bonds. The SMILES string of the molecule is COCCOCCOCCOc1ccc(C)c(C[N+](C)(C)C)c1. The highest BCUT2D eigenvalue weighted by Crippen LogP contribution is 2.19. The number of ether oxygens (including phenoxy) is 4. The van der Waals surface area contributed by atoms with E-state index in [1.54, 1.807) is 7.11 Å². The van der Waals surface area contributed by atoms with Crippen molar-refractivity contribution < 1.29 is 23.4 Å². The van der Waals surface area contributed by atoms with Gasteiger partial charge in [-0.05, 0) is 24.6 Å². The predicted octanol–water partition coefficient (Wildman–Crippen LogP) is 2.26. The van der Waals surface area contributed by atoms with E-state index in [0.717, 1.165) is 16.8 Å². The van der Waals surface area contributed by atoms with Crippen molar-refractivity contribution in [2.45, 2.75) is 13.5 Å². The van der Waals surface area contributed by atoms with Crippen LogP contribution in [0.1, 0.15) is 11.1 Å². The zero-order valence-electron chi connectivity index (χ0n) is 15.3. The second kappa shape index (κ2) is 10.6. The molecule has 1 aromatic carbocycles. The van der Waals surface area contributed by atoms with Gasteiger partial charge in [-0.3, -0.25) is 0 Å². The summed E-state index contributed by atoms with van der Waals surface area (Å²) in [5, 5.41) is 0. The van der Waals surface area contributed by atoms with E-state index in [-0.39, 0.29) is 0 Å². The minimum Gasteiger partial charge on any atom is -0.491 e. The second-order valence-electron chi connectivity index (χ2n) is 6.60. The quantitative estimate of drug-likeness (QED) is 0.436. The minimum atomic E-state index is 0.547. The van der Waals surface area contributed by atoms with Gasteiger partial charge in [0.05, 0.1) is 54.2 Å². The highest BCUT2D eigenvalue weighted by Gasteiger charge is 2.11. The normalized spacial score (nSPS) is 11.7. The van der Waals surface area contributed by atoms with Crippen LogP contribution in [0.3, 0.4) is 0 Å². The maximum Gasteiger partial charge on any atom is 0.119 e. The van der Waals surface area contributed by atoms with Gasteiger partial charge in [-0.25, -0.2) is 0 Å². The Morgan fingerprint density at radius 1 is 0.870 bits per heavy atom. The number of nitrogens with zero attached hydrogens (tertiary/aromatic N) is 1. The van der Waals surface area contributed by atoms with Gasteiger partial charge in [0.15, 0.2) is 0 Å². The lowest BCUT2D eigenvalue weighted by atomic mass is 10.1. The van der Waals surface area contributed by atoms with E-state index in [1.807, 2.05) is 6.07 Å². The van der Waals surface area contributed by atoms with Crippen LogP contribution in [0.2, 0.25) is 0 Å². The van der Waals surface area contributed by atoms with Gasteiger partial charge < -0.3 is 23.4 Å². The van der Waals surface area contributed by atoms with Gasteiger partial charge in [0.25, 0.3) is 0 Å². The summed E-state index contributed by atoms with van der Waals surface area (Å²) in [6.07, 6.45) is 0. The van der Waals surface area contributed by atoms with Crippen molar-refractivity contribution in [2.75, 3.05) is 67.9 Å². The largest absolute Gasteiger partial charge is 0.491 e. The smallest absolute Gasteiger partial charge is 0.119 e. The molecule has 5 nitrogen and oxygen atoms in total. The predicted molar refractivity (Wildman–Crippen MR) is 91.9 cm³/mol. The zero-order valence-corrected chi connectivity index (χ0v) is 15.3. The number of rotatable bonds is 12. The molecule has 0 heterocycles.